The van der Waals surface area contributed by atoms with E-state index in [9.17, 15) is 9.59 Å². The zero-order chi connectivity index (χ0) is 27.5. The van der Waals surface area contributed by atoms with Crippen molar-refractivity contribution in [2.45, 2.75) is 12.8 Å². The molecule has 0 N–H and O–H groups in total. The number of hydrogen-bond donors (Lipinski definition) is 0. The number of hydrogen-bond acceptors (Lipinski definition) is 5. The van der Waals surface area contributed by atoms with Gasteiger partial charge in [-0.05, 0) is 41.1 Å². The highest BCUT2D eigenvalue weighted by Crippen LogP contribution is 2.54. The number of amides is 1. The molecule has 0 saturated carbocycles. The summed E-state index contributed by atoms with van der Waals surface area (Å²) in [6, 6.07) is 28.0. The smallest absolute Gasteiger partial charge is 0.319 e. The van der Waals surface area contributed by atoms with E-state index in [-0.39, 0.29) is 17.8 Å². The van der Waals surface area contributed by atoms with E-state index in [1.807, 2.05) is 85.8 Å². The molecule has 4 aromatic rings. The minimum absolute atomic E-state index is 0.117. The van der Waals surface area contributed by atoms with Crippen LogP contribution >= 0.6 is 0 Å². The number of benzene rings is 4. The van der Waals surface area contributed by atoms with Crippen LogP contribution in [-0.4, -0.2) is 36.8 Å². The van der Waals surface area contributed by atoms with E-state index in [1.165, 1.54) is 5.01 Å². The quantitative estimate of drug-likeness (QED) is 0.242. The summed E-state index contributed by atoms with van der Waals surface area (Å²) in [6.07, 6.45) is 2.12. The molecule has 0 bridgehead atoms. The lowest BCUT2D eigenvalue weighted by Gasteiger charge is -2.46. The van der Waals surface area contributed by atoms with Gasteiger partial charge in [-0.2, -0.15) is 5.10 Å². The van der Waals surface area contributed by atoms with E-state index in [0.29, 0.717) is 5.75 Å². The first-order valence-corrected chi connectivity index (χ1v) is 13.5. The Kier molecular flexibility index (Phi) is 5.59. The maximum Gasteiger partial charge on any atom is 0.319 e. The summed E-state index contributed by atoms with van der Waals surface area (Å²) in [6.45, 7) is 2.03. The van der Waals surface area contributed by atoms with Gasteiger partial charge in [0.05, 0.1) is 24.7 Å². The molecule has 1 aliphatic carbocycles. The Balaban J connectivity index is 1.48. The number of fused-ring (bicyclic) bond motifs is 7. The summed E-state index contributed by atoms with van der Waals surface area (Å²) < 4.78 is 11.5. The maximum atomic E-state index is 14.0. The van der Waals surface area contributed by atoms with Gasteiger partial charge in [-0.1, -0.05) is 84.4 Å². The van der Waals surface area contributed by atoms with Gasteiger partial charge in [0.25, 0.3) is 0 Å². The minimum Gasteiger partial charge on any atom is -0.497 e. The SMILES string of the molecule is COc1ccc(C2C=C3c4ccc5ccccc5c4OC(=O)C3C3C(c4ccc(C)cc4)=NN(C)C(=O)C23)cc1. The average Bonchev–Trinajstić information content (AvgIpc) is 2.98. The highest BCUT2D eigenvalue weighted by molar-refractivity contribution is 6.13. The molecule has 0 fully saturated rings. The van der Waals surface area contributed by atoms with Crippen molar-refractivity contribution in [2.24, 2.45) is 22.9 Å². The Labute approximate surface area is 232 Å². The van der Waals surface area contributed by atoms with Crippen molar-refractivity contribution in [3.63, 3.8) is 0 Å². The monoisotopic (exact) mass is 528 g/mol. The van der Waals surface area contributed by atoms with Gasteiger partial charge in [-0.25, -0.2) is 5.01 Å². The van der Waals surface area contributed by atoms with Crippen molar-refractivity contribution < 1.29 is 19.1 Å². The highest BCUT2D eigenvalue weighted by Gasteiger charge is 2.55. The fraction of sp³-hybridized carbons (Fsp3) is 0.206. The van der Waals surface area contributed by atoms with Crippen LogP contribution in [0.15, 0.2) is 96.1 Å². The Bertz CT molecular complexity index is 1740. The van der Waals surface area contributed by atoms with Gasteiger partial charge in [0, 0.05) is 29.8 Å². The number of hydrazone groups is 1. The number of rotatable bonds is 3. The highest BCUT2D eigenvalue weighted by atomic mass is 16.5. The average molecular weight is 529 g/mol. The first kappa shape index (κ1) is 24.3. The van der Waals surface area contributed by atoms with Crippen LogP contribution in [0, 0.1) is 24.7 Å². The number of ether oxygens (including phenoxy) is 2. The fourth-order valence-corrected chi connectivity index (χ4v) is 6.53. The molecule has 2 aliphatic heterocycles. The minimum atomic E-state index is -0.661. The number of esters is 1. The van der Waals surface area contributed by atoms with Crippen LogP contribution < -0.4 is 9.47 Å². The zero-order valence-corrected chi connectivity index (χ0v) is 22.5. The third-order valence-electron chi connectivity index (χ3n) is 8.50. The second kappa shape index (κ2) is 9.19. The second-order valence-electron chi connectivity index (χ2n) is 10.7. The predicted molar refractivity (Wildman–Crippen MR) is 154 cm³/mol. The molecule has 198 valence electrons. The fourth-order valence-electron chi connectivity index (χ4n) is 6.53. The molecule has 0 aromatic heterocycles. The molecule has 4 unspecified atom stereocenters. The summed E-state index contributed by atoms with van der Waals surface area (Å²) >= 11 is 0. The molecule has 3 aliphatic rings. The lowest BCUT2D eigenvalue weighted by molar-refractivity contribution is -0.143. The normalized spacial score (nSPS) is 23.4. The van der Waals surface area contributed by atoms with Crippen molar-refractivity contribution in [1.29, 1.82) is 0 Å². The number of carbonyl (C=O) groups excluding carboxylic acids is 2. The van der Waals surface area contributed by atoms with Gasteiger partial charge in [-0.15, -0.1) is 0 Å². The van der Waals surface area contributed by atoms with Crippen molar-refractivity contribution in [2.75, 3.05) is 14.2 Å². The van der Waals surface area contributed by atoms with Gasteiger partial charge in [0.1, 0.15) is 11.5 Å². The van der Waals surface area contributed by atoms with Crippen LogP contribution in [0.25, 0.3) is 16.3 Å². The van der Waals surface area contributed by atoms with Crippen molar-refractivity contribution >= 4 is 33.9 Å². The number of carbonyl (C=O) groups is 2. The van der Waals surface area contributed by atoms with Gasteiger partial charge in [0.15, 0.2) is 0 Å². The van der Waals surface area contributed by atoms with Crippen LogP contribution in [-0.2, 0) is 9.59 Å². The van der Waals surface area contributed by atoms with Crippen LogP contribution in [0.3, 0.4) is 0 Å². The number of allylic oxidation sites excluding steroid dienone is 1. The van der Waals surface area contributed by atoms with E-state index in [4.69, 9.17) is 14.6 Å². The Hall–Kier alpha value is -4.71. The molecule has 40 heavy (non-hydrogen) atoms. The third kappa shape index (κ3) is 3.67. The lowest BCUT2D eigenvalue weighted by Crippen LogP contribution is -2.53. The van der Waals surface area contributed by atoms with E-state index in [1.54, 1.807) is 14.2 Å². The predicted octanol–water partition coefficient (Wildman–Crippen LogP) is 5.98. The topological polar surface area (TPSA) is 68.2 Å². The molecule has 6 nitrogen and oxygen atoms in total. The van der Waals surface area contributed by atoms with Crippen LogP contribution in [0.5, 0.6) is 11.5 Å². The number of methoxy groups -OCH3 is 1. The second-order valence-corrected chi connectivity index (χ2v) is 10.7. The molecule has 7 rings (SSSR count). The first-order chi connectivity index (χ1) is 19.4. The van der Waals surface area contributed by atoms with E-state index < -0.39 is 17.8 Å². The first-order valence-electron chi connectivity index (χ1n) is 13.5. The molecule has 0 saturated heterocycles. The van der Waals surface area contributed by atoms with Crippen molar-refractivity contribution in [3.8, 4) is 11.5 Å². The summed E-state index contributed by atoms with van der Waals surface area (Å²) in [4.78, 5) is 27.9. The maximum absolute atomic E-state index is 14.0. The molecular weight excluding hydrogens is 500 g/mol. The molecule has 4 aromatic carbocycles. The number of nitrogens with zero attached hydrogens (tertiary/aromatic N) is 2. The molecule has 1 amide bonds. The summed E-state index contributed by atoms with van der Waals surface area (Å²) in [5.41, 5.74) is 5.50. The van der Waals surface area contributed by atoms with E-state index >= 15 is 0 Å². The lowest BCUT2D eigenvalue weighted by atomic mass is 9.60. The molecule has 6 heteroatoms. The third-order valence-corrected chi connectivity index (χ3v) is 8.50. The zero-order valence-electron chi connectivity index (χ0n) is 22.5. The largest absolute Gasteiger partial charge is 0.497 e. The standard InChI is InChI=1S/C34H28N2O4/c1-19-8-10-22(11-9-19)31-30-28(33(37)36(2)35-31)26(21-12-15-23(39-3)16-13-21)18-27-25-17-14-20-6-4-5-7-24(20)32(25)40-34(38)29(27)30/h4-18,26,28-30H,1-3H3. The Morgan fingerprint density at radius 1 is 0.875 bits per heavy atom. The summed E-state index contributed by atoms with van der Waals surface area (Å²) in [7, 11) is 3.33. The molecule has 0 spiro atoms. The van der Waals surface area contributed by atoms with Crippen molar-refractivity contribution in [1.82, 2.24) is 5.01 Å². The van der Waals surface area contributed by atoms with Crippen molar-refractivity contribution in [3.05, 3.63) is 113 Å². The van der Waals surface area contributed by atoms with Crippen LogP contribution in [0.1, 0.15) is 28.2 Å². The van der Waals surface area contributed by atoms with Gasteiger partial charge < -0.3 is 9.47 Å². The number of aryl methyl sites for hydroxylation is 1. The van der Waals surface area contributed by atoms with Crippen LogP contribution in [0.2, 0.25) is 0 Å². The van der Waals surface area contributed by atoms with Gasteiger partial charge in [-0.3, -0.25) is 9.59 Å². The van der Waals surface area contributed by atoms with Gasteiger partial charge >= 0.3 is 5.97 Å². The van der Waals surface area contributed by atoms with Crippen LogP contribution in [0.4, 0.5) is 0 Å². The van der Waals surface area contributed by atoms with E-state index in [2.05, 4.69) is 12.1 Å². The molecule has 0 radical (unpaired) electrons. The van der Waals surface area contributed by atoms with E-state index in [0.717, 1.165) is 50.1 Å². The Morgan fingerprint density at radius 2 is 1.62 bits per heavy atom. The Morgan fingerprint density at radius 3 is 2.38 bits per heavy atom. The summed E-state index contributed by atoms with van der Waals surface area (Å²) in [5, 5.41) is 8.11. The molecular formula is C34H28N2O4. The molecule has 2 heterocycles. The summed E-state index contributed by atoms with van der Waals surface area (Å²) in [5.74, 6) is -1.12. The van der Waals surface area contributed by atoms with Gasteiger partial charge in [0.2, 0.25) is 5.91 Å². The molecule has 4 atom stereocenters.